The lowest BCUT2D eigenvalue weighted by atomic mass is 10.0. The molecule has 5 heteroatoms. The first-order chi connectivity index (χ1) is 11.8. The lowest BCUT2D eigenvalue weighted by molar-refractivity contribution is 0.171. The Labute approximate surface area is 141 Å². The highest BCUT2D eigenvalue weighted by atomic mass is 16.6. The molecule has 0 saturated carbocycles. The molecule has 1 atom stereocenters. The van der Waals surface area contributed by atoms with Crippen molar-refractivity contribution in [3.63, 3.8) is 0 Å². The largest absolute Gasteiger partial charge is 0.486 e. The first kappa shape index (κ1) is 15.0. The summed E-state index contributed by atoms with van der Waals surface area (Å²) in [5.41, 5.74) is 3.54. The summed E-state index contributed by atoms with van der Waals surface area (Å²) < 4.78 is 11.3. The number of nitrogens with one attached hydrogen (secondary N) is 2. The standard InChI is InChI=1S/C19H21N3O2/c1-2-16(13-6-7-17-18(10-13)24-9-8-23-17)20-11-14-4-3-5-15-12-21-22-19(14)15/h3-7,10,12,16,20H,2,8-9,11H2,1H3,(H,21,22)/t16-/m0/s1. The number of aromatic nitrogens is 2. The number of aromatic amines is 1. The first-order valence-electron chi connectivity index (χ1n) is 8.39. The fourth-order valence-corrected chi connectivity index (χ4v) is 3.19. The Morgan fingerprint density at radius 3 is 2.92 bits per heavy atom. The molecule has 0 unspecified atom stereocenters. The van der Waals surface area contributed by atoms with Gasteiger partial charge in [0, 0.05) is 18.0 Å². The van der Waals surface area contributed by atoms with Gasteiger partial charge in [-0.05, 0) is 29.7 Å². The van der Waals surface area contributed by atoms with Gasteiger partial charge in [0.15, 0.2) is 11.5 Å². The van der Waals surface area contributed by atoms with E-state index in [4.69, 9.17) is 9.47 Å². The molecule has 0 fully saturated rings. The fraction of sp³-hybridized carbons (Fsp3) is 0.316. The SMILES string of the molecule is CC[C@H](NCc1cccc2cn[nH]c12)c1ccc2c(c1)OCCO2. The average molecular weight is 323 g/mol. The zero-order chi connectivity index (χ0) is 16.4. The van der Waals surface area contributed by atoms with Crippen LogP contribution in [0.3, 0.4) is 0 Å². The molecule has 0 amide bonds. The van der Waals surface area contributed by atoms with Crippen molar-refractivity contribution in [3.8, 4) is 11.5 Å². The van der Waals surface area contributed by atoms with E-state index in [-0.39, 0.29) is 6.04 Å². The minimum absolute atomic E-state index is 0.263. The highest BCUT2D eigenvalue weighted by Crippen LogP contribution is 2.33. The summed E-state index contributed by atoms with van der Waals surface area (Å²) in [4.78, 5) is 0. The van der Waals surface area contributed by atoms with Crippen LogP contribution in [-0.2, 0) is 6.54 Å². The maximum atomic E-state index is 5.70. The van der Waals surface area contributed by atoms with Gasteiger partial charge in [-0.15, -0.1) is 0 Å². The van der Waals surface area contributed by atoms with Gasteiger partial charge in [-0.3, -0.25) is 5.10 Å². The minimum atomic E-state index is 0.263. The summed E-state index contributed by atoms with van der Waals surface area (Å²) in [6.07, 6.45) is 2.86. The molecule has 24 heavy (non-hydrogen) atoms. The topological polar surface area (TPSA) is 59.2 Å². The summed E-state index contributed by atoms with van der Waals surface area (Å²) in [6.45, 7) is 4.20. The predicted octanol–water partition coefficient (Wildman–Crippen LogP) is 3.58. The van der Waals surface area contributed by atoms with Crippen molar-refractivity contribution >= 4 is 10.9 Å². The molecule has 1 aliphatic heterocycles. The molecular formula is C19H21N3O2. The van der Waals surface area contributed by atoms with Gasteiger partial charge < -0.3 is 14.8 Å². The van der Waals surface area contributed by atoms with E-state index in [0.29, 0.717) is 13.2 Å². The molecule has 0 bridgehead atoms. The van der Waals surface area contributed by atoms with Gasteiger partial charge >= 0.3 is 0 Å². The van der Waals surface area contributed by atoms with E-state index in [1.165, 1.54) is 11.1 Å². The maximum Gasteiger partial charge on any atom is 0.161 e. The van der Waals surface area contributed by atoms with E-state index in [9.17, 15) is 0 Å². The van der Waals surface area contributed by atoms with Crippen LogP contribution in [0.4, 0.5) is 0 Å². The van der Waals surface area contributed by atoms with Gasteiger partial charge in [0.1, 0.15) is 13.2 Å². The Kier molecular flexibility index (Phi) is 4.09. The number of rotatable bonds is 5. The molecule has 0 radical (unpaired) electrons. The Bertz CT molecular complexity index is 843. The lowest BCUT2D eigenvalue weighted by Crippen LogP contribution is -2.21. The molecule has 1 aliphatic rings. The summed E-state index contributed by atoms with van der Waals surface area (Å²) in [7, 11) is 0. The third-order valence-electron chi connectivity index (χ3n) is 4.48. The smallest absolute Gasteiger partial charge is 0.161 e. The van der Waals surface area contributed by atoms with Crippen LogP contribution in [0, 0.1) is 0 Å². The molecule has 3 aromatic rings. The fourth-order valence-electron chi connectivity index (χ4n) is 3.19. The van der Waals surface area contributed by atoms with Crippen LogP contribution >= 0.6 is 0 Å². The van der Waals surface area contributed by atoms with Gasteiger partial charge in [0.2, 0.25) is 0 Å². The van der Waals surface area contributed by atoms with Gasteiger partial charge in [-0.25, -0.2) is 0 Å². The molecule has 0 saturated heterocycles. The Hall–Kier alpha value is -2.53. The number of nitrogens with zero attached hydrogens (tertiary/aromatic N) is 1. The molecule has 0 aliphatic carbocycles. The second-order valence-electron chi connectivity index (χ2n) is 6.00. The van der Waals surface area contributed by atoms with Crippen LogP contribution < -0.4 is 14.8 Å². The van der Waals surface area contributed by atoms with Gasteiger partial charge in [0.05, 0.1) is 11.7 Å². The van der Waals surface area contributed by atoms with Crippen LogP contribution in [0.1, 0.15) is 30.5 Å². The van der Waals surface area contributed by atoms with E-state index >= 15 is 0 Å². The number of benzene rings is 2. The number of hydrogen-bond acceptors (Lipinski definition) is 4. The third kappa shape index (κ3) is 2.83. The number of para-hydroxylation sites is 1. The van der Waals surface area contributed by atoms with E-state index < -0.39 is 0 Å². The Morgan fingerprint density at radius 2 is 2.04 bits per heavy atom. The van der Waals surface area contributed by atoms with Crippen LogP contribution in [0.15, 0.2) is 42.6 Å². The molecule has 5 nitrogen and oxygen atoms in total. The summed E-state index contributed by atoms with van der Waals surface area (Å²) in [5, 5.41) is 12.0. The molecule has 0 spiro atoms. The first-order valence-corrected chi connectivity index (χ1v) is 8.39. The Balaban J connectivity index is 1.53. The molecule has 2 N–H and O–H groups in total. The summed E-state index contributed by atoms with van der Waals surface area (Å²) in [6, 6.07) is 12.7. The quantitative estimate of drug-likeness (QED) is 0.753. The van der Waals surface area contributed by atoms with Crippen molar-refractivity contribution in [2.45, 2.75) is 25.9 Å². The zero-order valence-corrected chi connectivity index (χ0v) is 13.7. The van der Waals surface area contributed by atoms with Crippen molar-refractivity contribution in [1.29, 1.82) is 0 Å². The van der Waals surface area contributed by atoms with Crippen molar-refractivity contribution in [2.75, 3.05) is 13.2 Å². The van der Waals surface area contributed by atoms with Crippen molar-refractivity contribution in [1.82, 2.24) is 15.5 Å². The molecule has 1 aromatic heterocycles. The van der Waals surface area contributed by atoms with Gasteiger partial charge in [-0.2, -0.15) is 5.10 Å². The number of ether oxygens (including phenoxy) is 2. The maximum absolute atomic E-state index is 5.70. The van der Waals surface area contributed by atoms with E-state index in [1.807, 2.05) is 12.3 Å². The minimum Gasteiger partial charge on any atom is -0.486 e. The van der Waals surface area contributed by atoms with Gasteiger partial charge in [-0.1, -0.05) is 31.2 Å². The monoisotopic (exact) mass is 323 g/mol. The van der Waals surface area contributed by atoms with Crippen molar-refractivity contribution in [2.24, 2.45) is 0 Å². The molecule has 2 heterocycles. The average Bonchev–Trinajstić information content (AvgIpc) is 3.11. The molecular weight excluding hydrogens is 302 g/mol. The second kappa shape index (κ2) is 6.53. The number of fused-ring (bicyclic) bond motifs is 2. The molecule has 2 aromatic carbocycles. The lowest BCUT2D eigenvalue weighted by Gasteiger charge is -2.22. The third-order valence-corrected chi connectivity index (χ3v) is 4.48. The summed E-state index contributed by atoms with van der Waals surface area (Å²) >= 11 is 0. The predicted molar refractivity (Wildman–Crippen MR) is 93.4 cm³/mol. The highest BCUT2D eigenvalue weighted by Gasteiger charge is 2.16. The second-order valence-corrected chi connectivity index (χ2v) is 6.00. The van der Waals surface area contributed by atoms with Crippen molar-refractivity contribution < 1.29 is 9.47 Å². The number of hydrogen-bond donors (Lipinski definition) is 2. The van der Waals surface area contributed by atoms with Crippen LogP contribution in [-0.4, -0.2) is 23.4 Å². The van der Waals surface area contributed by atoms with E-state index in [0.717, 1.165) is 35.4 Å². The van der Waals surface area contributed by atoms with Crippen molar-refractivity contribution in [3.05, 3.63) is 53.7 Å². The van der Waals surface area contributed by atoms with Crippen LogP contribution in [0.5, 0.6) is 11.5 Å². The molecule has 124 valence electrons. The molecule has 4 rings (SSSR count). The van der Waals surface area contributed by atoms with Gasteiger partial charge in [0.25, 0.3) is 0 Å². The number of H-pyrrole nitrogens is 1. The van der Waals surface area contributed by atoms with Crippen LogP contribution in [0.2, 0.25) is 0 Å². The zero-order valence-electron chi connectivity index (χ0n) is 13.7. The summed E-state index contributed by atoms with van der Waals surface area (Å²) in [5.74, 6) is 1.68. The highest BCUT2D eigenvalue weighted by molar-refractivity contribution is 5.81. The normalized spacial score (nSPS) is 14.7. The van der Waals surface area contributed by atoms with E-state index in [2.05, 4.69) is 52.8 Å². The Morgan fingerprint density at radius 1 is 1.17 bits per heavy atom. The van der Waals surface area contributed by atoms with E-state index in [1.54, 1.807) is 0 Å². The van der Waals surface area contributed by atoms with Crippen LogP contribution in [0.25, 0.3) is 10.9 Å².